The molecule has 0 spiro atoms. The van der Waals surface area contributed by atoms with Crippen LogP contribution in [0.25, 0.3) is 0 Å². The monoisotopic (exact) mass is 451 g/mol. The number of hydrogen-bond donors (Lipinski definition) is 1. The Morgan fingerprint density at radius 3 is 2.71 bits per heavy atom. The second-order valence-electron chi connectivity index (χ2n) is 5.82. The van der Waals surface area contributed by atoms with Crippen molar-refractivity contribution < 1.29 is 23.0 Å². The number of carbonyl (C=O) groups is 1. The summed E-state index contributed by atoms with van der Waals surface area (Å²) in [6.07, 6.45) is 1.43. The maximum atomic E-state index is 14.3. The third kappa shape index (κ3) is 3.95. The summed E-state index contributed by atoms with van der Waals surface area (Å²) in [6.45, 7) is 0.0211. The van der Waals surface area contributed by atoms with Crippen LogP contribution in [0.2, 0.25) is 0 Å². The number of carbonyl (C=O) groups excluding carboxylic acids is 1. The van der Waals surface area contributed by atoms with Gasteiger partial charge in [-0.2, -0.15) is 0 Å². The Bertz CT molecular complexity index is 979. The highest BCUT2D eigenvalue weighted by Gasteiger charge is 2.34. The minimum Gasteiger partial charge on any atom is -0.466 e. The van der Waals surface area contributed by atoms with Crippen molar-refractivity contribution in [1.82, 2.24) is 10.3 Å². The van der Waals surface area contributed by atoms with Gasteiger partial charge in [0.2, 0.25) is 0 Å². The normalized spacial score (nSPS) is 16.5. The zero-order chi connectivity index (χ0) is 20.3. The van der Waals surface area contributed by atoms with E-state index in [-0.39, 0.29) is 23.7 Å². The zero-order valence-corrected chi connectivity index (χ0v) is 16.6. The molecule has 1 N–H and O–H groups in total. The van der Waals surface area contributed by atoms with Gasteiger partial charge < -0.3 is 14.8 Å². The number of nitrogens with one attached hydrogen (secondary N) is 1. The zero-order valence-electron chi connectivity index (χ0n) is 15.0. The van der Waals surface area contributed by atoms with E-state index >= 15 is 0 Å². The van der Waals surface area contributed by atoms with Gasteiger partial charge in [-0.05, 0) is 29.8 Å². The first-order valence-electron chi connectivity index (χ1n) is 8.17. The van der Waals surface area contributed by atoms with Crippen LogP contribution < -0.4 is 5.32 Å². The Kier molecular flexibility index (Phi) is 6.15. The number of esters is 1. The molecule has 0 fully saturated rings. The Morgan fingerprint density at radius 1 is 1.29 bits per heavy atom. The van der Waals surface area contributed by atoms with E-state index < -0.39 is 23.6 Å². The van der Waals surface area contributed by atoms with Crippen LogP contribution >= 0.6 is 15.9 Å². The Balaban J connectivity index is 2.21. The van der Waals surface area contributed by atoms with Gasteiger partial charge >= 0.3 is 5.97 Å². The summed E-state index contributed by atoms with van der Waals surface area (Å²) < 4.78 is 38.4. The molecule has 1 unspecified atom stereocenters. The lowest BCUT2D eigenvalue weighted by molar-refractivity contribution is -0.136. The highest BCUT2D eigenvalue weighted by Crippen LogP contribution is 2.36. The summed E-state index contributed by atoms with van der Waals surface area (Å²) in [5, 5.41) is 2.92. The number of pyridine rings is 1. The Morgan fingerprint density at radius 2 is 2.07 bits per heavy atom. The highest BCUT2D eigenvalue weighted by atomic mass is 79.9. The molecule has 9 heteroatoms. The van der Waals surface area contributed by atoms with Gasteiger partial charge in [-0.3, -0.25) is 4.99 Å². The van der Waals surface area contributed by atoms with Crippen molar-refractivity contribution in [2.45, 2.75) is 6.04 Å². The summed E-state index contributed by atoms with van der Waals surface area (Å²) in [5.74, 6) is -1.54. The lowest BCUT2D eigenvalue weighted by Crippen LogP contribution is -2.36. The number of hydrogen-bond acceptors (Lipinski definition) is 6. The molecular formula is C19H16BrF2N3O3. The lowest BCUT2D eigenvalue weighted by atomic mass is 9.95. The predicted octanol–water partition coefficient (Wildman–Crippen LogP) is 3.29. The van der Waals surface area contributed by atoms with Crippen LogP contribution in [0.5, 0.6) is 0 Å². The third-order valence-corrected chi connectivity index (χ3v) is 4.75. The number of aliphatic imine (C=N–C) groups is 1. The van der Waals surface area contributed by atoms with E-state index in [2.05, 4.69) is 31.2 Å². The number of methoxy groups -OCH3 is 2. The molecule has 0 saturated heterocycles. The van der Waals surface area contributed by atoms with Crippen molar-refractivity contribution in [1.29, 1.82) is 0 Å². The average molecular weight is 452 g/mol. The molecule has 1 aliphatic heterocycles. The molecular weight excluding hydrogens is 436 g/mol. The molecule has 0 aliphatic carbocycles. The summed E-state index contributed by atoms with van der Waals surface area (Å²) in [5.41, 5.74) is 1.02. The average Bonchev–Trinajstić information content (AvgIpc) is 2.67. The van der Waals surface area contributed by atoms with Crippen molar-refractivity contribution in [3.8, 4) is 0 Å². The SMILES string of the molecule is COCC1=C(C(=O)OC)C(c2ccc(F)cc2Br)N=C(c2ncccc2F)N1. The van der Waals surface area contributed by atoms with Crippen molar-refractivity contribution in [3.63, 3.8) is 0 Å². The van der Waals surface area contributed by atoms with Gasteiger partial charge in [0.15, 0.2) is 11.7 Å². The second kappa shape index (κ2) is 8.57. The van der Waals surface area contributed by atoms with E-state index in [9.17, 15) is 13.6 Å². The van der Waals surface area contributed by atoms with E-state index in [0.717, 1.165) is 0 Å². The topological polar surface area (TPSA) is 72.8 Å². The van der Waals surface area contributed by atoms with E-state index in [1.54, 1.807) is 0 Å². The number of rotatable bonds is 5. The van der Waals surface area contributed by atoms with Crippen LogP contribution in [0, 0.1) is 11.6 Å². The maximum Gasteiger partial charge on any atom is 0.338 e. The van der Waals surface area contributed by atoms with Gasteiger partial charge in [0.1, 0.15) is 17.6 Å². The van der Waals surface area contributed by atoms with E-state index in [4.69, 9.17) is 9.47 Å². The van der Waals surface area contributed by atoms with Gasteiger partial charge in [0.25, 0.3) is 0 Å². The molecule has 2 heterocycles. The molecule has 0 radical (unpaired) electrons. The molecule has 28 heavy (non-hydrogen) atoms. The van der Waals surface area contributed by atoms with Crippen molar-refractivity contribution in [2.75, 3.05) is 20.8 Å². The van der Waals surface area contributed by atoms with Gasteiger partial charge in [-0.25, -0.2) is 18.6 Å². The molecule has 146 valence electrons. The van der Waals surface area contributed by atoms with Gasteiger partial charge in [-0.1, -0.05) is 22.0 Å². The first-order valence-corrected chi connectivity index (χ1v) is 8.96. The largest absolute Gasteiger partial charge is 0.466 e. The van der Waals surface area contributed by atoms with Gasteiger partial charge in [0, 0.05) is 17.8 Å². The number of aromatic nitrogens is 1. The fourth-order valence-corrected chi connectivity index (χ4v) is 3.40. The Labute approximate surface area is 168 Å². The fraction of sp³-hybridized carbons (Fsp3) is 0.211. The first kappa shape index (κ1) is 20.1. The smallest absolute Gasteiger partial charge is 0.338 e. The minimum absolute atomic E-state index is 0.0109. The number of halogens is 3. The number of benzene rings is 1. The molecule has 1 atom stereocenters. The molecule has 1 aromatic carbocycles. The molecule has 2 aromatic rings. The molecule has 1 aliphatic rings. The standard InChI is InChI=1S/C19H16BrF2N3O3/c1-27-9-14-15(19(26)28-2)16(11-6-5-10(21)8-12(11)20)25-18(24-14)17-13(22)4-3-7-23-17/h3-8,16H,9H2,1-2H3,(H,24,25). The van der Waals surface area contributed by atoms with Crippen LogP contribution in [-0.2, 0) is 14.3 Å². The van der Waals surface area contributed by atoms with Crippen molar-refractivity contribution >= 4 is 27.7 Å². The maximum absolute atomic E-state index is 14.3. The third-order valence-electron chi connectivity index (χ3n) is 4.06. The van der Waals surface area contributed by atoms with Crippen LogP contribution in [0.3, 0.4) is 0 Å². The van der Waals surface area contributed by atoms with Crippen LogP contribution in [0.15, 0.2) is 57.3 Å². The molecule has 1 aromatic heterocycles. The van der Waals surface area contributed by atoms with Crippen LogP contribution in [-0.4, -0.2) is 37.6 Å². The minimum atomic E-state index is -0.884. The van der Waals surface area contributed by atoms with Crippen LogP contribution in [0.1, 0.15) is 17.3 Å². The molecule has 0 bridgehead atoms. The van der Waals surface area contributed by atoms with Crippen molar-refractivity contribution in [3.05, 3.63) is 75.2 Å². The molecule has 0 amide bonds. The molecule has 6 nitrogen and oxygen atoms in total. The first-order chi connectivity index (χ1) is 13.5. The second-order valence-corrected chi connectivity index (χ2v) is 6.68. The molecule has 0 saturated carbocycles. The van der Waals surface area contributed by atoms with Crippen molar-refractivity contribution in [2.24, 2.45) is 4.99 Å². The summed E-state index contributed by atoms with van der Waals surface area (Å²) in [4.78, 5) is 21.0. The molecule has 3 rings (SSSR count). The van der Waals surface area contributed by atoms with Crippen LogP contribution in [0.4, 0.5) is 8.78 Å². The lowest BCUT2D eigenvalue weighted by Gasteiger charge is -2.27. The number of nitrogens with zero attached hydrogens (tertiary/aromatic N) is 2. The summed E-state index contributed by atoms with van der Waals surface area (Å²) in [6, 6.07) is 5.85. The van der Waals surface area contributed by atoms with E-state index in [1.807, 2.05) is 0 Å². The Hall–Kier alpha value is -2.65. The number of amidine groups is 1. The summed E-state index contributed by atoms with van der Waals surface area (Å²) in [7, 11) is 2.70. The van der Waals surface area contributed by atoms with Gasteiger partial charge in [-0.15, -0.1) is 0 Å². The summed E-state index contributed by atoms with van der Waals surface area (Å²) >= 11 is 3.31. The van der Waals surface area contributed by atoms with E-state index in [1.165, 1.54) is 50.7 Å². The van der Waals surface area contributed by atoms with E-state index in [0.29, 0.717) is 15.7 Å². The fourth-order valence-electron chi connectivity index (χ4n) is 2.83. The number of ether oxygens (including phenoxy) is 2. The predicted molar refractivity (Wildman–Crippen MR) is 102 cm³/mol. The van der Waals surface area contributed by atoms with Gasteiger partial charge in [0.05, 0.1) is 25.0 Å². The quantitative estimate of drug-likeness (QED) is 0.706. The highest BCUT2D eigenvalue weighted by molar-refractivity contribution is 9.10.